The van der Waals surface area contributed by atoms with Crippen molar-refractivity contribution in [2.45, 2.75) is 32.9 Å². The van der Waals surface area contributed by atoms with Crippen LogP contribution in [0.25, 0.3) is 0 Å². The Balaban J connectivity index is 2.30. The smallest absolute Gasteiger partial charge is 0.244 e. The van der Waals surface area contributed by atoms with Gasteiger partial charge in [-0.05, 0) is 44.5 Å². The van der Waals surface area contributed by atoms with Gasteiger partial charge >= 0.3 is 0 Å². The molecule has 0 aromatic heterocycles. The van der Waals surface area contributed by atoms with Crippen LogP contribution in [0, 0.1) is 6.92 Å². The van der Waals surface area contributed by atoms with Crippen molar-refractivity contribution in [2.24, 2.45) is 0 Å². The molecule has 0 radical (unpaired) electrons. The lowest BCUT2D eigenvalue weighted by molar-refractivity contribution is -0.122. The van der Waals surface area contributed by atoms with E-state index in [1.54, 1.807) is 38.3 Å². The topological polar surface area (TPSA) is 75.7 Å². The van der Waals surface area contributed by atoms with E-state index < -0.39 is 22.0 Å². The third kappa shape index (κ3) is 4.97. The fraction of sp³-hybridized carbons (Fsp3) is 0.350. The highest BCUT2D eigenvalue weighted by atomic mass is 35.5. The van der Waals surface area contributed by atoms with Crippen molar-refractivity contribution < 1.29 is 17.9 Å². The predicted molar refractivity (Wildman–Crippen MR) is 113 cm³/mol. The number of para-hydroxylation sites is 1. The molecule has 0 aliphatic heterocycles. The van der Waals surface area contributed by atoms with Crippen LogP contribution in [0.1, 0.15) is 31.0 Å². The molecule has 0 aliphatic carbocycles. The second-order valence-corrected chi connectivity index (χ2v) is 8.91. The van der Waals surface area contributed by atoms with E-state index in [-0.39, 0.29) is 6.04 Å². The lowest BCUT2D eigenvalue weighted by Gasteiger charge is -2.29. The van der Waals surface area contributed by atoms with Crippen LogP contribution in [0.15, 0.2) is 42.5 Å². The molecule has 28 heavy (non-hydrogen) atoms. The molecule has 1 amide bonds. The van der Waals surface area contributed by atoms with E-state index in [0.29, 0.717) is 16.5 Å². The number of anilines is 1. The Morgan fingerprint density at radius 1 is 1.18 bits per heavy atom. The summed E-state index contributed by atoms with van der Waals surface area (Å²) in [6.07, 6.45) is 1.06. The van der Waals surface area contributed by atoms with E-state index >= 15 is 0 Å². The highest BCUT2D eigenvalue weighted by Crippen LogP contribution is 2.28. The van der Waals surface area contributed by atoms with Crippen LogP contribution >= 0.6 is 11.6 Å². The number of sulfonamides is 1. The van der Waals surface area contributed by atoms with Crippen molar-refractivity contribution in [2.75, 3.05) is 17.7 Å². The Morgan fingerprint density at radius 3 is 2.39 bits per heavy atom. The van der Waals surface area contributed by atoms with Gasteiger partial charge in [0.25, 0.3) is 0 Å². The molecule has 2 atom stereocenters. The largest absolute Gasteiger partial charge is 0.496 e. The maximum Gasteiger partial charge on any atom is 0.244 e. The van der Waals surface area contributed by atoms with Crippen LogP contribution in [0.5, 0.6) is 5.75 Å². The predicted octanol–water partition coefficient (Wildman–Crippen LogP) is 3.69. The van der Waals surface area contributed by atoms with Gasteiger partial charge in [-0.25, -0.2) is 8.42 Å². The highest BCUT2D eigenvalue weighted by Gasteiger charge is 2.30. The first-order valence-corrected chi connectivity index (χ1v) is 11.0. The minimum Gasteiger partial charge on any atom is -0.496 e. The van der Waals surface area contributed by atoms with Crippen molar-refractivity contribution >= 4 is 33.2 Å². The van der Waals surface area contributed by atoms with Crippen LogP contribution in [0.2, 0.25) is 5.02 Å². The summed E-state index contributed by atoms with van der Waals surface area (Å²) in [5.41, 5.74) is 1.96. The Kier molecular flexibility index (Phi) is 6.96. The van der Waals surface area contributed by atoms with Gasteiger partial charge in [0, 0.05) is 10.6 Å². The number of benzene rings is 2. The number of nitrogens with zero attached hydrogens (tertiary/aromatic N) is 1. The number of aryl methyl sites for hydroxylation is 1. The standard InChI is InChI=1S/C20H25ClN2O4S/c1-13-10-11-16(12-18(13)21)23(28(5,25)26)15(3)20(24)22-14(2)17-8-6-7-9-19(17)27-4/h6-12,14-15H,1-5H3,(H,22,24)/t14-,15-/m1/s1. The number of ether oxygens (including phenoxy) is 1. The first-order valence-electron chi connectivity index (χ1n) is 8.75. The number of halogens is 1. The van der Waals surface area contributed by atoms with E-state index in [4.69, 9.17) is 16.3 Å². The number of methoxy groups -OCH3 is 1. The molecular weight excluding hydrogens is 400 g/mol. The SMILES string of the molecule is COc1ccccc1[C@@H](C)NC(=O)[C@@H](C)N(c1ccc(C)c(Cl)c1)S(C)(=O)=O. The van der Waals surface area contributed by atoms with Gasteiger partial charge in [0.2, 0.25) is 15.9 Å². The van der Waals surface area contributed by atoms with Gasteiger partial charge in [-0.1, -0.05) is 35.9 Å². The molecule has 2 aromatic rings. The zero-order chi connectivity index (χ0) is 21.1. The first kappa shape index (κ1) is 22.0. The molecule has 2 aromatic carbocycles. The summed E-state index contributed by atoms with van der Waals surface area (Å²) < 4.78 is 31.2. The van der Waals surface area contributed by atoms with E-state index in [9.17, 15) is 13.2 Å². The third-order valence-electron chi connectivity index (χ3n) is 4.46. The summed E-state index contributed by atoms with van der Waals surface area (Å²) in [6.45, 7) is 5.18. The minimum absolute atomic E-state index is 0.339. The first-order chi connectivity index (χ1) is 13.1. The molecule has 0 aliphatic rings. The van der Waals surface area contributed by atoms with E-state index in [1.165, 1.54) is 0 Å². The van der Waals surface area contributed by atoms with Gasteiger partial charge in [0.15, 0.2) is 0 Å². The molecule has 6 nitrogen and oxygen atoms in total. The summed E-state index contributed by atoms with van der Waals surface area (Å²) in [5.74, 6) is 0.216. The normalized spacial score (nSPS) is 13.5. The number of carbonyl (C=O) groups is 1. The molecule has 1 N–H and O–H groups in total. The van der Waals surface area contributed by atoms with Crippen LogP contribution in [0.4, 0.5) is 5.69 Å². The number of amides is 1. The summed E-state index contributed by atoms with van der Waals surface area (Å²) in [7, 11) is -2.16. The average molecular weight is 425 g/mol. The Hall–Kier alpha value is -2.25. The molecule has 2 rings (SSSR count). The fourth-order valence-electron chi connectivity index (χ4n) is 2.96. The number of nitrogens with one attached hydrogen (secondary N) is 1. The van der Waals surface area contributed by atoms with Crippen LogP contribution in [-0.2, 0) is 14.8 Å². The highest BCUT2D eigenvalue weighted by molar-refractivity contribution is 7.92. The maximum atomic E-state index is 12.8. The number of rotatable bonds is 7. The number of hydrogen-bond donors (Lipinski definition) is 1. The van der Waals surface area contributed by atoms with Crippen molar-refractivity contribution in [1.82, 2.24) is 5.32 Å². The van der Waals surface area contributed by atoms with Crippen molar-refractivity contribution in [3.05, 3.63) is 58.6 Å². The summed E-state index contributed by atoms with van der Waals surface area (Å²) in [5, 5.41) is 3.29. The monoisotopic (exact) mass is 424 g/mol. The Morgan fingerprint density at radius 2 is 1.82 bits per heavy atom. The van der Waals surface area contributed by atoms with Gasteiger partial charge in [-0.2, -0.15) is 0 Å². The van der Waals surface area contributed by atoms with Crippen LogP contribution in [-0.4, -0.2) is 33.7 Å². The van der Waals surface area contributed by atoms with Crippen LogP contribution < -0.4 is 14.4 Å². The second kappa shape index (κ2) is 8.84. The molecule has 0 heterocycles. The summed E-state index contributed by atoms with van der Waals surface area (Å²) >= 11 is 6.15. The molecule has 152 valence electrons. The van der Waals surface area contributed by atoms with E-state index in [0.717, 1.165) is 21.7 Å². The Bertz CT molecular complexity index is 962. The third-order valence-corrected chi connectivity index (χ3v) is 6.11. The zero-order valence-electron chi connectivity index (χ0n) is 16.6. The quantitative estimate of drug-likeness (QED) is 0.735. The molecule has 0 unspecified atom stereocenters. The molecule has 0 saturated heterocycles. The maximum absolute atomic E-state index is 12.8. The lowest BCUT2D eigenvalue weighted by atomic mass is 10.1. The zero-order valence-corrected chi connectivity index (χ0v) is 18.1. The molecule has 0 spiro atoms. The molecule has 0 fully saturated rings. The summed E-state index contributed by atoms with van der Waals surface area (Å²) in [6, 6.07) is 10.9. The van der Waals surface area contributed by atoms with Crippen LogP contribution in [0.3, 0.4) is 0 Å². The van der Waals surface area contributed by atoms with Gasteiger partial charge in [0.05, 0.1) is 25.1 Å². The molecule has 0 bridgehead atoms. The summed E-state index contributed by atoms with van der Waals surface area (Å²) in [4.78, 5) is 12.8. The molecule has 8 heteroatoms. The lowest BCUT2D eigenvalue weighted by Crippen LogP contribution is -2.48. The van der Waals surface area contributed by atoms with Crippen molar-refractivity contribution in [1.29, 1.82) is 0 Å². The number of carbonyl (C=O) groups excluding carboxylic acids is 1. The van der Waals surface area contributed by atoms with E-state index in [1.807, 2.05) is 32.0 Å². The van der Waals surface area contributed by atoms with Crippen molar-refractivity contribution in [3.63, 3.8) is 0 Å². The van der Waals surface area contributed by atoms with Crippen molar-refractivity contribution in [3.8, 4) is 5.75 Å². The number of hydrogen-bond acceptors (Lipinski definition) is 4. The van der Waals surface area contributed by atoms with Gasteiger partial charge < -0.3 is 10.1 Å². The van der Waals surface area contributed by atoms with Gasteiger partial charge in [-0.15, -0.1) is 0 Å². The average Bonchev–Trinajstić information content (AvgIpc) is 2.63. The molecule has 0 saturated carbocycles. The van der Waals surface area contributed by atoms with Gasteiger partial charge in [0.1, 0.15) is 11.8 Å². The molecular formula is C20H25ClN2O4S. The fourth-order valence-corrected chi connectivity index (χ4v) is 4.31. The second-order valence-electron chi connectivity index (χ2n) is 6.64. The minimum atomic E-state index is -3.72. The van der Waals surface area contributed by atoms with E-state index in [2.05, 4.69) is 5.32 Å². The van der Waals surface area contributed by atoms with Gasteiger partial charge in [-0.3, -0.25) is 9.10 Å². The Labute approximate surface area is 171 Å².